The SMILES string of the molecule is CC1SCCN(C(C)C(=O)c2ccc(F)c(F)c2)C1C. The number of ketones is 1. The Labute approximate surface area is 122 Å². The van der Waals surface area contributed by atoms with Crippen LogP contribution >= 0.6 is 11.8 Å². The van der Waals surface area contributed by atoms with Crippen molar-refractivity contribution in [2.45, 2.75) is 38.1 Å². The molecule has 1 saturated heterocycles. The van der Waals surface area contributed by atoms with Crippen molar-refractivity contribution < 1.29 is 13.6 Å². The molecule has 1 aliphatic rings. The van der Waals surface area contributed by atoms with Gasteiger partial charge in [0.15, 0.2) is 17.4 Å². The fourth-order valence-electron chi connectivity index (χ4n) is 2.54. The number of carbonyl (C=O) groups is 1. The van der Waals surface area contributed by atoms with Gasteiger partial charge in [-0.2, -0.15) is 11.8 Å². The number of benzene rings is 1. The third kappa shape index (κ3) is 3.04. The molecule has 0 aromatic heterocycles. The molecule has 0 amide bonds. The maximum atomic E-state index is 13.2. The molecule has 2 rings (SSSR count). The fourth-order valence-corrected chi connectivity index (χ4v) is 3.67. The van der Waals surface area contributed by atoms with E-state index in [2.05, 4.69) is 18.7 Å². The van der Waals surface area contributed by atoms with Crippen molar-refractivity contribution in [1.29, 1.82) is 0 Å². The van der Waals surface area contributed by atoms with Gasteiger partial charge in [-0.3, -0.25) is 9.69 Å². The molecule has 5 heteroatoms. The van der Waals surface area contributed by atoms with Crippen LogP contribution in [0.4, 0.5) is 8.78 Å². The maximum absolute atomic E-state index is 13.2. The Bertz CT molecular complexity index is 509. The molecule has 110 valence electrons. The first-order valence-corrected chi connectivity index (χ1v) is 7.83. The summed E-state index contributed by atoms with van der Waals surface area (Å²) in [5, 5.41) is 0.462. The molecular formula is C15H19F2NOS. The molecule has 1 aliphatic heterocycles. The molecule has 1 heterocycles. The topological polar surface area (TPSA) is 20.3 Å². The molecule has 3 unspecified atom stereocenters. The standard InChI is InChI=1S/C15H19F2NOS/c1-9-11(3)20-7-6-18(9)10(2)15(19)12-4-5-13(16)14(17)8-12/h4-5,8-11H,6-7H2,1-3H3. The van der Waals surface area contributed by atoms with Crippen LogP contribution in [0.3, 0.4) is 0 Å². The second-order valence-corrected chi connectivity index (χ2v) is 6.71. The van der Waals surface area contributed by atoms with Gasteiger partial charge in [0.2, 0.25) is 0 Å². The van der Waals surface area contributed by atoms with Crippen LogP contribution in [0.5, 0.6) is 0 Å². The molecule has 0 bridgehead atoms. The highest BCUT2D eigenvalue weighted by molar-refractivity contribution is 8.00. The number of rotatable bonds is 3. The molecule has 0 N–H and O–H groups in total. The monoisotopic (exact) mass is 299 g/mol. The minimum atomic E-state index is -0.973. The first-order valence-electron chi connectivity index (χ1n) is 6.78. The van der Waals surface area contributed by atoms with E-state index in [1.165, 1.54) is 6.07 Å². The second-order valence-electron chi connectivity index (χ2n) is 5.22. The lowest BCUT2D eigenvalue weighted by atomic mass is 10.0. The Hall–Kier alpha value is -0.940. The van der Waals surface area contributed by atoms with Crippen LogP contribution in [0.2, 0.25) is 0 Å². The summed E-state index contributed by atoms with van der Waals surface area (Å²) in [6, 6.07) is 3.31. The smallest absolute Gasteiger partial charge is 0.179 e. The van der Waals surface area contributed by atoms with Crippen LogP contribution in [0.15, 0.2) is 18.2 Å². The van der Waals surface area contributed by atoms with Gasteiger partial charge in [0, 0.05) is 29.2 Å². The molecule has 0 radical (unpaired) electrons. The minimum Gasteiger partial charge on any atom is -0.292 e. The molecule has 20 heavy (non-hydrogen) atoms. The van der Waals surface area contributed by atoms with Gasteiger partial charge < -0.3 is 0 Å². The number of halogens is 2. The third-order valence-corrected chi connectivity index (χ3v) is 5.35. The second kappa shape index (κ2) is 6.22. The maximum Gasteiger partial charge on any atom is 0.179 e. The summed E-state index contributed by atoms with van der Waals surface area (Å²) in [6.07, 6.45) is 0. The zero-order valence-corrected chi connectivity index (χ0v) is 12.7. The van der Waals surface area contributed by atoms with E-state index in [1.54, 1.807) is 0 Å². The van der Waals surface area contributed by atoms with Gasteiger partial charge in [0.25, 0.3) is 0 Å². The quantitative estimate of drug-likeness (QED) is 0.798. The fraction of sp³-hybridized carbons (Fsp3) is 0.533. The highest BCUT2D eigenvalue weighted by Crippen LogP contribution is 2.27. The highest BCUT2D eigenvalue weighted by atomic mass is 32.2. The number of nitrogens with zero attached hydrogens (tertiary/aromatic N) is 1. The van der Waals surface area contributed by atoms with Gasteiger partial charge in [0.05, 0.1) is 6.04 Å². The molecular weight excluding hydrogens is 280 g/mol. The summed E-state index contributed by atoms with van der Waals surface area (Å²) < 4.78 is 26.2. The van der Waals surface area contributed by atoms with Crippen LogP contribution in [0, 0.1) is 11.6 Å². The van der Waals surface area contributed by atoms with Gasteiger partial charge in [-0.1, -0.05) is 6.92 Å². The molecule has 0 spiro atoms. The van der Waals surface area contributed by atoms with E-state index in [9.17, 15) is 13.6 Å². The largest absolute Gasteiger partial charge is 0.292 e. The Balaban J connectivity index is 2.17. The van der Waals surface area contributed by atoms with Crippen LogP contribution in [0.1, 0.15) is 31.1 Å². The Morgan fingerprint density at radius 1 is 1.35 bits per heavy atom. The average Bonchev–Trinajstić information content (AvgIpc) is 2.43. The van der Waals surface area contributed by atoms with Gasteiger partial charge in [-0.15, -0.1) is 0 Å². The Kier molecular flexibility index (Phi) is 4.81. The molecule has 1 aromatic carbocycles. The normalized spacial score (nSPS) is 25.4. The lowest BCUT2D eigenvalue weighted by Crippen LogP contribution is -2.51. The van der Waals surface area contributed by atoms with Crippen molar-refractivity contribution in [3.63, 3.8) is 0 Å². The molecule has 2 nitrogen and oxygen atoms in total. The Morgan fingerprint density at radius 2 is 2.05 bits per heavy atom. The van der Waals surface area contributed by atoms with Gasteiger partial charge in [-0.25, -0.2) is 8.78 Å². The lowest BCUT2D eigenvalue weighted by Gasteiger charge is -2.40. The summed E-state index contributed by atoms with van der Waals surface area (Å²) in [4.78, 5) is 14.6. The molecule has 1 aromatic rings. The third-order valence-electron chi connectivity index (χ3n) is 4.01. The number of Topliss-reactive ketones (excluding diaryl/α,β-unsaturated/α-hetero) is 1. The van der Waals surface area contributed by atoms with E-state index in [0.29, 0.717) is 5.25 Å². The number of carbonyl (C=O) groups excluding carboxylic acids is 1. The van der Waals surface area contributed by atoms with Gasteiger partial charge in [-0.05, 0) is 32.0 Å². The first kappa shape index (κ1) is 15.4. The van der Waals surface area contributed by atoms with Crippen molar-refractivity contribution in [3.8, 4) is 0 Å². The van der Waals surface area contributed by atoms with E-state index < -0.39 is 11.6 Å². The highest BCUT2D eigenvalue weighted by Gasteiger charge is 2.32. The van der Waals surface area contributed by atoms with Crippen LogP contribution in [0.25, 0.3) is 0 Å². The van der Waals surface area contributed by atoms with Crippen molar-refractivity contribution in [1.82, 2.24) is 4.90 Å². The van der Waals surface area contributed by atoms with Crippen LogP contribution < -0.4 is 0 Å². The number of hydrogen-bond acceptors (Lipinski definition) is 3. The minimum absolute atomic E-state index is 0.158. The summed E-state index contributed by atoms with van der Waals surface area (Å²) in [5.41, 5.74) is 0.231. The zero-order chi connectivity index (χ0) is 14.9. The average molecular weight is 299 g/mol. The van der Waals surface area contributed by atoms with Crippen molar-refractivity contribution >= 4 is 17.5 Å². The number of thioether (sulfide) groups is 1. The van der Waals surface area contributed by atoms with E-state index >= 15 is 0 Å². The zero-order valence-electron chi connectivity index (χ0n) is 11.9. The van der Waals surface area contributed by atoms with E-state index in [0.717, 1.165) is 24.4 Å². The van der Waals surface area contributed by atoms with E-state index in [4.69, 9.17) is 0 Å². The van der Waals surface area contributed by atoms with Gasteiger partial charge in [0.1, 0.15) is 0 Å². The predicted octanol–water partition coefficient (Wildman–Crippen LogP) is 3.36. The summed E-state index contributed by atoms with van der Waals surface area (Å²) in [5.74, 6) is -1.07. The Morgan fingerprint density at radius 3 is 2.70 bits per heavy atom. The molecule has 0 saturated carbocycles. The van der Waals surface area contributed by atoms with Crippen molar-refractivity contribution in [2.24, 2.45) is 0 Å². The first-order chi connectivity index (χ1) is 9.41. The molecule has 3 atom stereocenters. The lowest BCUT2D eigenvalue weighted by molar-refractivity contribution is 0.0780. The predicted molar refractivity (Wildman–Crippen MR) is 78.2 cm³/mol. The van der Waals surface area contributed by atoms with E-state index in [-0.39, 0.29) is 23.4 Å². The van der Waals surface area contributed by atoms with Crippen LogP contribution in [-0.4, -0.2) is 40.3 Å². The van der Waals surface area contributed by atoms with Crippen molar-refractivity contribution in [3.05, 3.63) is 35.4 Å². The van der Waals surface area contributed by atoms with Crippen molar-refractivity contribution in [2.75, 3.05) is 12.3 Å². The van der Waals surface area contributed by atoms with Crippen LogP contribution in [-0.2, 0) is 0 Å². The van der Waals surface area contributed by atoms with Gasteiger partial charge >= 0.3 is 0 Å². The summed E-state index contributed by atoms with van der Waals surface area (Å²) in [6.45, 7) is 6.93. The van der Waals surface area contributed by atoms with E-state index in [1.807, 2.05) is 18.7 Å². The summed E-state index contributed by atoms with van der Waals surface area (Å²) in [7, 11) is 0. The molecule has 0 aliphatic carbocycles. The number of hydrogen-bond donors (Lipinski definition) is 0. The molecule has 1 fully saturated rings. The summed E-state index contributed by atoms with van der Waals surface area (Å²) >= 11 is 1.90.